The molecule has 4 aromatic rings. The van der Waals surface area contributed by atoms with E-state index < -0.39 is 0 Å². The molecule has 36 heavy (non-hydrogen) atoms. The zero-order valence-electron chi connectivity index (χ0n) is 18.7. The second-order valence-corrected chi connectivity index (χ2v) is 7.28. The summed E-state index contributed by atoms with van der Waals surface area (Å²) in [6.07, 6.45) is 2.29. The minimum atomic E-state index is 0.186. The quantitative estimate of drug-likeness (QED) is 0.340. The molecule has 1 aromatic heterocycles. The van der Waals surface area contributed by atoms with Gasteiger partial charge in [0.15, 0.2) is 0 Å². The van der Waals surface area contributed by atoms with E-state index in [1.165, 1.54) is 0 Å². The molecule has 0 radical (unpaired) electrons. The summed E-state index contributed by atoms with van der Waals surface area (Å²) in [7, 11) is 0. The highest BCUT2D eigenvalue weighted by Crippen LogP contribution is 2.04. The first-order valence-corrected chi connectivity index (χ1v) is 10.6. The van der Waals surface area contributed by atoms with Crippen LogP contribution in [-0.2, 0) is 0 Å². The van der Waals surface area contributed by atoms with Gasteiger partial charge in [0.1, 0.15) is 18.9 Å². The summed E-state index contributed by atoms with van der Waals surface area (Å²) in [5, 5.41) is 0. The second kappa shape index (κ2) is 11.5. The average Bonchev–Trinajstić information content (AvgIpc) is 2.94. The van der Waals surface area contributed by atoms with E-state index in [9.17, 15) is 14.4 Å². The highest BCUT2D eigenvalue weighted by molar-refractivity contribution is 5.76. The molecule has 3 aromatic carbocycles. The fourth-order valence-corrected chi connectivity index (χ4v) is 2.86. The Kier molecular flexibility index (Phi) is 7.50. The molecule has 4 rings (SSSR count). The van der Waals surface area contributed by atoms with Gasteiger partial charge in [0, 0.05) is 33.4 Å². The highest BCUT2D eigenvalue weighted by atomic mass is 16.1. The summed E-state index contributed by atoms with van der Waals surface area (Å²) in [6.45, 7) is 0. The molecule has 0 atom stereocenters. The lowest BCUT2D eigenvalue weighted by atomic mass is 10.1. The van der Waals surface area contributed by atoms with E-state index in [0.717, 1.165) is 18.9 Å². The largest absolute Gasteiger partial charge is 0.298 e. The number of rotatable bonds is 3. The van der Waals surface area contributed by atoms with Gasteiger partial charge in [0.2, 0.25) is 17.5 Å². The van der Waals surface area contributed by atoms with Gasteiger partial charge in [-0.1, -0.05) is 54.2 Å². The first-order valence-electron chi connectivity index (χ1n) is 10.6. The Labute approximate surface area is 207 Å². The van der Waals surface area contributed by atoms with Crippen molar-refractivity contribution in [2.75, 3.05) is 0 Å². The number of aromatic nitrogens is 3. The molecule has 0 aliphatic heterocycles. The summed E-state index contributed by atoms with van der Waals surface area (Å²) in [5.41, 5.74) is 3.72. The number of nitrogens with zero attached hydrogens (tertiary/aromatic N) is 3. The van der Waals surface area contributed by atoms with Crippen molar-refractivity contribution in [1.82, 2.24) is 15.0 Å². The van der Waals surface area contributed by atoms with Gasteiger partial charge in [-0.05, 0) is 54.2 Å². The van der Waals surface area contributed by atoms with Gasteiger partial charge < -0.3 is 0 Å². The van der Waals surface area contributed by atoms with E-state index in [4.69, 9.17) is 0 Å². The molecular formula is C30H15N3O3. The number of benzene rings is 3. The predicted octanol–water partition coefficient (Wildman–Crippen LogP) is 3.51. The number of aldehydes is 3. The molecule has 0 bridgehead atoms. The third-order valence-corrected chi connectivity index (χ3v) is 4.73. The topological polar surface area (TPSA) is 89.9 Å². The number of carbonyl (C=O) groups excluding carboxylic acids is 3. The zero-order chi connectivity index (χ0) is 25.2. The van der Waals surface area contributed by atoms with Crippen LogP contribution in [0.3, 0.4) is 0 Å². The Bertz CT molecular complexity index is 1410. The zero-order valence-corrected chi connectivity index (χ0v) is 18.7. The van der Waals surface area contributed by atoms with Crippen molar-refractivity contribution < 1.29 is 14.4 Å². The van der Waals surface area contributed by atoms with Crippen molar-refractivity contribution in [3.05, 3.63) is 124 Å². The van der Waals surface area contributed by atoms with E-state index in [1.54, 1.807) is 72.8 Å². The Hall–Kier alpha value is -5.64. The van der Waals surface area contributed by atoms with Gasteiger partial charge in [-0.2, -0.15) is 15.0 Å². The molecule has 0 spiro atoms. The smallest absolute Gasteiger partial charge is 0.210 e. The molecule has 0 saturated heterocycles. The summed E-state index contributed by atoms with van der Waals surface area (Å²) < 4.78 is 0. The van der Waals surface area contributed by atoms with Gasteiger partial charge >= 0.3 is 0 Å². The van der Waals surface area contributed by atoms with Crippen molar-refractivity contribution in [3.63, 3.8) is 0 Å². The lowest BCUT2D eigenvalue weighted by Crippen LogP contribution is -2.01. The molecule has 0 N–H and O–H groups in total. The third kappa shape index (κ3) is 6.45. The Morgan fingerprint density at radius 2 is 0.639 bits per heavy atom. The van der Waals surface area contributed by atoms with Gasteiger partial charge in [0.05, 0.1) is 0 Å². The van der Waals surface area contributed by atoms with Crippen LogP contribution in [-0.4, -0.2) is 33.8 Å². The second-order valence-electron chi connectivity index (χ2n) is 7.28. The average molecular weight is 465 g/mol. The van der Waals surface area contributed by atoms with Crippen molar-refractivity contribution in [2.24, 2.45) is 0 Å². The van der Waals surface area contributed by atoms with Crippen LogP contribution in [0.15, 0.2) is 72.8 Å². The third-order valence-electron chi connectivity index (χ3n) is 4.73. The molecule has 0 unspecified atom stereocenters. The van der Waals surface area contributed by atoms with E-state index in [0.29, 0.717) is 33.4 Å². The van der Waals surface area contributed by atoms with Crippen LogP contribution >= 0.6 is 0 Å². The Morgan fingerprint density at radius 3 is 0.861 bits per heavy atom. The van der Waals surface area contributed by atoms with Gasteiger partial charge in [-0.15, -0.1) is 0 Å². The lowest BCUT2D eigenvalue weighted by Gasteiger charge is -1.96. The van der Waals surface area contributed by atoms with Crippen LogP contribution < -0.4 is 0 Å². The Morgan fingerprint density at radius 1 is 0.389 bits per heavy atom. The van der Waals surface area contributed by atoms with E-state index >= 15 is 0 Å². The van der Waals surface area contributed by atoms with Crippen molar-refractivity contribution in [2.45, 2.75) is 0 Å². The summed E-state index contributed by atoms with van der Waals surface area (Å²) in [5.74, 6) is 18.1. The first-order chi connectivity index (χ1) is 17.6. The summed E-state index contributed by atoms with van der Waals surface area (Å²) in [6, 6.07) is 20.4. The molecule has 0 aliphatic carbocycles. The highest BCUT2D eigenvalue weighted by Gasteiger charge is 2.02. The normalized spacial score (nSPS) is 9.33. The van der Waals surface area contributed by atoms with E-state index in [1.807, 2.05) is 0 Å². The molecule has 0 amide bonds. The molecule has 0 aliphatic rings. The summed E-state index contributed by atoms with van der Waals surface area (Å²) >= 11 is 0. The van der Waals surface area contributed by atoms with Crippen molar-refractivity contribution in [1.29, 1.82) is 0 Å². The lowest BCUT2D eigenvalue weighted by molar-refractivity contribution is 0.111. The van der Waals surface area contributed by atoms with Crippen LogP contribution in [0.2, 0.25) is 0 Å². The Balaban J connectivity index is 1.69. The van der Waals surface area contributed by atoms with Gasteiger partial charge in [-0.25, -0.2) is 0 Å². The maximum Gasteiger partial charge on any atom is 0.210 e. The van der Waals surface area contributed by atoms with Crippen LogP contribution in [0.4, 0.5) is 0 Å². The monoisotopic (exact) mass is 465 g/mol. The number of hydrogen-bond acceptors (Lipinski definition) is 6. The van der Waals surface area contributed by atoms with Crippen LogP contribution in [0.5, 0.6) is 0 Å². The van der Waals surface area contributed by atoms with Crippen molar-refractivity contribution in [3.8, 4) is 35.5 Å². The van der Waals surface area contributed by atoms with Crippen LogP contribution in [0.25, 0.3) is 0 Å². The molecule has 6 heteroatoms. The summed E-state index contributed by atoms with van der Waals surface area (Å²) in [4.78, 5) is 45.5. The molecule has 168 valence electrons. The molecule has 1 heterocycles. The maximum atomic E-state index is 10.8. The van der Waals surface area contributed by atoms with Crippen LogP contribution in [0.1, 0.15) is 65.2 Å². The predicted molar refractivity (Wildman–Crippen MR) is 133 cm³/mol. The molecule has 6 nitrogen and oxygen atoms in total. The maximum absolute atomic E-state index is 10.8. The SMILES string of the molecule is O=Cc1ccc(C#Cc2nc(C#Cc3ccc(C=O)cc3)nc(C#Cc3ccc(C=O)cc3)n2)cc1. The molecule has 0 fully saturated rings. The van der Waals surface area contributed by atoms with E-state index in [2.05, 4.69) is 50.5 Å². The fraction of sp³-hybridized carbons (Fsp3) is 0. The number of carbonyl (C=O) groups is 3. The minimum absolute atomic E-state index is 0.186. The van der Waals surface area contributed by atoms with Crippen molar-refractivity contribution >= 4 is 18.9 Å². The van der Waals surface area contributed by atoms with Crippen LogP contribution in [0, 0.1) is 35.5 Å². The molecular weight excluding hydrogens is 450 g/mol. The van der Waals surface area contributed by atoms with E-state index in [-0.39, 0.29) is 17.5 Å². The van der Waals surface area contributed by atoms with Gasteiger partial charge in [-0.3, -0.25) is 14.4 Å². The first kappa shape index (κ1) is 23.5. The standard InChI is InChI=1S/C30H15N3O3/c34-19-25-7-1-22(2-8-25)13-16-28-31-29(17-14-23-3-9-26(20-35)10-4-23)33-30(32-28)18-15-24-5-11-27(21-36)12-6-24/h1-12,19-21H. The molecule has 0 saturated carbocycles. The van der Waals surface area contributed by atoms with Gasteiger partial charge in [0.25, 0.3) is 0 Å². The fourth-order valence-electron chi connectivity index (χ4n) is 2.86. The minimum Gasteiger partial charge on any atom is -0.298 e. The number of hydrogen-bond donors (Lipinski definition) is 0.